The molecule has 0 spiro atoms. The van der Waals surface area contributed by atoms with Crippen molar-refractivity contribution in [2.24, 2.45) is 5.73 Å². The average molecular weight is 257 g/mol. The van der Waals surface area contributed by atoms with Crippen molar-refractivity contribution in [2.75, 3.05) is 19.0 Å². The van der Waals surface area contributed by atoms with Gasteiger partial charge in [0.1, 0.15) is 0 Å². The van der Waals surface area contributed by atoms with E-state index in [4.69, 9.17) is 5.73 Å². The van der Waals surface area contributed by atoms with Crippen LogP contribution in [-0.2, 0) is 20.7 Å². The van der Waals surface area contributed by atoms with Crippen LogP contribution in [0.4, 0.5) is 5.13 Å². The molecule has 0 aliphatic heterocycles. The minimum absolute atomic E-state index is 0.249. The number of thiazole rings is 1. The lowest BCUT2D eigenvalue weighted by Gasteiger charge is -1.99. The molecule has 0 unspecified atom stereocenters. The minimum atomic E-state index is -0.347. The Kier molecular flexibility index (Phi) is 5.41. The summed E-state index contributed by atoms with van der Waals surface area (Å²) in [6.45, 7) is 0.472. The number of ether oxygens (including phenoxy) is 1. The van der Waals surface area contributed by atoms with Crippen LogP contribution in [0.1, 0.15) is 18.5 Å². The first-order chi connectivity index (χ1) is 8.11. The van der Waals surface area contributed by atoms with Gasteiger partial charge in [-0.3, -0.25) is 9.59 Å². The third-order valence-electron chi connectivity index (χ3n) is 2.01. The number of aromatic nitrogens is 1. The highest BCUT2D eigenvalue weighted by Crippen LogP contribution is 2.16. The van der Waals surface area contributed by atoms with Crippen molar-refractivity contribution in [3.8, 4) is 0 Å². The number of anilines is 1. The van der Waals surface area contributed by atoms with Gasteiger partial charge in [0.05, 0.1) is 19.2 Å². The summed E-state index contributed by atoms with van der Waals surface area (Å²) in [5.74, 6) is -0.596. The van der Waals surface area contributed by atoms with Gasteiger partial charge in [-0.15, -0.1) is 11.3 Å². The monoisotopic (exact) mass is 257 g/mol. The molecule has 0 saturated heterocycles. The van der Waals surface area contributed by atoms with Crippen LogP contribution in [0, 0.1) is 0 Å². The number of carbonyl (C=O) groups is 2. The summed E-state index contributed by atoms with van der Waals surface area (Å²) in [7, 11) is 1.36. The van der Waals surface area contributed by atoms with Crippen molar-refractivity contribution in [2.45, 2.75) is 19.3 Å². The van der Waals surface area contributed by atoms with Crippen LogP contribution in [-0.4, -0.2) is 30.5 Å². The van der Waals surface area contributed by atoms with E-state index in [0.717, 1.165) is 10.8 Å². The third kappa shape index (κ3) is 5.30. The van der Waals surface area contributed by atoms with E-state index in [2.05, 4.69) is 15.0 Å². The van der Waals surface area contributed by atoms with Gasteiger partial charge in [0.15, 0.2) is 5.13 Å². The number of hydrogen-bond acceptors (Lipinski definition) is 6. The number of amides is 1. The first kappa shape index (κ1) is 13.4. The first-order valence-corrected chi connectivity index (χ1v) is 6.03. The lowest BCUT2D eigenvalue weighted by Crippen LogP contribution is -2.15. The maximum Gasteiger partial charge on any atom is 0.305 e. The van der Waals surface area contributed by atoms with Crippen LogP contribution in [0.2, 0.25) is 0 Å². The summed E-state index contributed by atoms with van der Waals surface area (Å²) in [5, 5.41) is 5.59. The minimum Gasteiger partial charge on any atom is -0.469 e. The van der Waals surface area contributed by atoms with Crippen molar-refractivity contribution in [1.29, 1.82) is 0 Å². The highest BCUT2D eigenvalue weighted by molar-refractivity contribution is 7.13. The maximum atomic E-state index is 10.9. The average Bonchev–Trinajstić information content (AvgIpc) is 2.73. The Morgan fingerprint density at radius 3 is 2.94 bits per heavy atom. The number of nitrogens with zero attached hydrogens (tertiary/aromatic N) is 1. The zero-order valence-electron chi connectivity index (χ0n) is 9.56. The Morgan fingerprint density at radius 1 is 1.53 bits per heavy atom. The summed E-state index contributed by atoms with van der Waals surface area (Å²) in [6, 6.07) is 0. The molecule has 1 rings (SSSR count). The van der Waals surface area contributed by atoms with E-state index in [-0.39, 0.29) is 18.3 Å². The molecule has 0 bridgehead atoms. The molecule has 0 aliphatic rings. The van der Waals surface area contributed by atoms with Gasteiger partial charge in [-0.2, -0.15) is 0 Å². The van der Waals surface area contributed by atoms with Crippen molar-refractivity contribution in [3.05, 3.63) is 11.1 Å². The molecule has 0 fully saturated rings. The van der Waals surface area contributed by atoms with E-state index in [9.17, 15) is 9.59 Å². The Morgan fingerprint density at radius 2 is 2.29 bits per heavy atom. The van der Waals surface area contributed by atoms with Crippen molar-refractivity contribution in [1.82, 2.24) is 4.98 Å². The standard InChI is InChI=1S/C10H15N3O3S/c1-16-9(15)3-2-7-6-17-10(13-7)12-5-4-8(11)14/h6H,2-5H2,1H3,(H2,11,14)(H,12,13). The van der Waals surface area contributed by atoms with E-state index >= 15 is 0 Å². The van der Waals surface area contributed by atoms with Crippen LogP contribution in [0.15, 0.2) is 5.38 Å². The number of nitrogens with one attached hydrogen (secondary N) is 1. The molecule has 1 heterocycles. The molecule has 1 aromatic rings. The lowest BCUT2D eigenvalue weighted by atomic mass is 10.2. The second-order valence-corrected chi connectivity index (χ2v) is 4.22. The van der Waals surface area contributed by atoms with E-state index in [1.807, 2.05) is 5.38 Å². The van der Waals surface area contributed by atoms with Gasteiger partial charge in [0, 0.05) is 24.8 Å². The zero-order valence-corrected chi connectivity index (χ0v) is 10.4. The number of hydrogen-bond donors (Lipinski definition) is 2. The van der Waals surface area contributed by atoms with E-state index < -0.39 is 0 Å². The second kappa shape index (κ2) is 6.85. The molecule has 0 radical (unpaired) electrons. The molecule has 0 saturated carbocycles. The van der Waals surface area contributed by atoms with Gasteiger partial charge < -0.3 is 15.8 Å². The highest BCUT2D eigenvalue weighted by atomic mass is 32.1. The van der Waals surface area contributed by atoms with Crippen molar-refractivity contribution >= 4 is 28.3 Å². The number of nitrogens with two attached hydrogens (primary N) is 1. The summed E-state index contributed by atoms with van der Waals surface area (Å²) in [5.41, 5.74) is 5.85. The lowest BCUT2D eigenvalue weighted by molar-refractivity contribution is -0.140. The van der Waals surface area contributed by atoms with Gasteiger partial charge in [-0.05, 0) is 0 Å². The SMILES string of the molecule is COC(=O)CCc1csc(NCCC(N)=O)n1. The van der Waals surface area contributed by atoms with Crippen LogP contribution < -0.4 is 11.1 Å². The molecule has 1 amide bonds. The number of rotatable bonds is 7. The predicted molar refractivity (Wildman–Crippen MR) is 64.8 cm³/mol. The molecule has 7 heteroatoms. The van der Waals surface area contributed by atoms with Gasteiger partial charge in [-0.1, -0.05) is 0 Å². The fourth-order valence-corrected chi connectivity index (χ4v) is 1.90. The molecule has 3 N–H and O–H groups in total. The fourth-order valence-electron chi connectivity index (χ4n) is 1.13. The molecule has 0 atom stereocenters. The zero-order chi connectivity index (χ0) is 12.7. The molecule has 94 valence electrons. The summed E-state index contributed by atoms with van der Waals surface area (Å²) >= 11 is 1.43. The molecular formula is C10H15N3O3S. The van der Waals surface area contributed by atoms with Crippen LogP contribution >= 0.6 is 11.3 Å². The molecule has 0 aromatic carbocycles. The number of aryl methyl sites for hydroxylation is 1. The van der Waals surface area contributed by atoms with Gasteiger partial charge in [0.25, 0.3) is 0 Å². The summed E-state index contributed by atoms with van der Waals surface area (Å²) < 4.78 is 4.54. The van der Waals surface area contributed by atoms with E-state index in [0.29, 0.717) is 19.4 Å². The van der Waals surface area contributed by atoms with Gasteiger partial charge >= 0.3 is 5.97 Å². The fraction of sp³-hybridized carbons (Fsp3) is 0.500. The normalized spacial score (nSPS) is 9.94. The molecule has 0 aliphatic carbocycles. The van der Waals surface area contributed by atoms with Crippen LogP contribution in [0.5, 0.6) is 0 Å². The number of primary amides is 1. The molecule has 6 nitrogen and oxygen atoms in total. The number of carbonyl (C=O) groups excluding carboxylic acids is 2. The maximum absolute atomic E-state index is 10.9. The van der Waals surface area contributed by atoms with Crippen molar-refractivity contribution in [3.63, 3.8) is 0 Å². The molecule has 17 heavy (non-hydrogen) atoms. The quantitative estimate of drug-likeness (QED) is 0.695. The second-order valence-electron chi connectivity index (χ2n) is 3.36. The third-order valence-corrected chi connectivity index (χ3v) is 2.86. The number of esters is 1. The topological polar surface area (TPSA) is 94.3 Å². The van der Waals surface area contributed by atoms with Gasteiger partial charge in [0.2, 0.25) is 5.91 Å². The smallest absolute Gasteiger partial charge is 0.305 e. The van der Waals surface area contributed by atoms with E-state index in [1.165, 1.54) is 18.4 Å². The Hall–Kier alpha value is -1.63. The van der Waals surface area contributed by atoms with Gasteiger partial charge in [-0.25, -0.2) is 4.98 Å². The number of methoxy groups -OCH3 is 1. The molecule has 1 aromatic heterocycles. The van der Waals surface area contributed by atoms with Crippen LogP contribution in [0.25, 0.3) is 0 Å². The highest BCUT2D eigenvalue weighted by Gasteiger charge is 2.05. The summed E-state index contributed by atoms with van der Waals surface area (Å²) in [4.78, 5) is 25.7. The van der Waals surface area contributed by atoms with Crippen LogP contribution in [0.3, 0.4) is 0 Å². The van der Waals surface area contributed by atoms with Crippen molar-refractivity contribution < 1.29 is 14.3 Å². The Bertz CT molecular complexity index is 392. The van der Waals surface area contributed by atoms with E-state index in [1.54, 1.807) is 0 Å². The first-order valence-electron chi connectivity index (χ1n) is 5.15. The largest absolute Gasteiger partial charge is 0.469 e. The Balaban J connectivity index is 2.32. The molecular weight excluding hydrogens is 242 g/mol. The predicted octanol–water partition coefficient (Wildman–Crippen LogP) is 0.536. The Labute approximate surface area is 103 Å². The summed E-state index contributed by atoms with van der Waals surface area (Å²) in [6.07, 6.45) is 1.15.